The van der Waals surface area contributed by atoms with Gasteiger partial charge in [0.15, 0.2) is 23.4 Å². The molecule has 0 amide bonds. The molecule has 0 unspecified atom stereocenters. The van der Waals surface area contributed by atoms with E-state index in [-0.39, 0.29) is 18.7 Å². The number of hydrogen-bond acceptors (Lipinski definition) is 4. The summed E-state index contributed by atoms with van der Waals surface area (Å²) in [5.41, 5.74) is 1.36. The zero-order chi connectivity index (χ0) is 16.2. The van der Waals surface area contributed by atoms with Gasteiger partial charge >= 0.3 is 0 Å². The quantitative estimate of drug-likeness (QED) is 0.430. The molecule has 1 aliphatic rings. The van der Waals surface area contributed by atoms with Crippen molar-refractivity contribution in [3.05, 3.63) is 47.5 Å². The third-order valence-corrected chi connectivity index (χ3v) is 3.26. The Bertz CT molecular complexity index is 748. The summed E-state index contributed by atoms with van der Waals surface area (Å²) in [5.74, 6) is 1.21. The highest BCUT2D eigenvalue weighted by Gasteiger charge is 2.13. The first-order chi connectivity index (χ1) is 11.1. The molecular formula is C15H14ClN5O2. The van der Waals surface area contributed by atoms with Gasteiger partial charge in [0, 0.05) is 22.5 Å². The zero-order valence-electron chi connectivity index (χ0n) is 11.9. The maximum absolute atomic E-state index is 7.86. The summed E-state index contributed by atoms with van der Waals surface area (Å²) in [6.07, 6.45) is 0. The highest BCUT2D eigenvalue weighted by Crippen LogP contribution is 2.34. The Labute approximate surface area is 137 Å². The van der Waals surface area contributed by atoms with Crippen LogP contribution in [0.4, 0.5) is 11.4 Å². The van der Waals surface area contributed by atoms with Crippen LogP contribution in [0, 0.1) is 10.8 Å². The third-order valence-electron chi connectivity index (χ3n) is 3.01. The maximum atomic E-state index is 7.86. The lowest BCUT2D eigenvalue weighted by molar-refractivity contribution is 0.174. The molecule has 0 atom stereocenters. The molecule has 118 valence electrons. The van der Waals surface area contributed by atoms with Crippen molar-refractivity contribution in [3.8, 4) is 11.5 Å². The van der Waals surface area contributed by atoms with Gasteiger partial charge in [-0.15, -0.1) is 0 Å². The van der Waals surface area contributed by atoms with Crippen LogP contribution >= 0.6 is 11.6 Å². The van der Waals surface area contributed by atoms with Gasteiger partial charge in [0.2, 0.25) is 6.79 Å². The Hall–Kier alpha value is -2.93. The van der Waals surface area contributed by atoms with Crippen LogP contribution in [0.5, 0.6) is 11.5 Å². The fourth-order valence-corrected chi connectivity index (χ4v) is 2.11. The van der Waals surface area contributed by atoms with E-state index in [4.69, 9.17) is 31.9 Å². The predicted molar refractivity (Wildman–Crippen MR) is 89.9 cm³/mol. The van der Waals surface area contributed by atoms with Gasteiger partial charge in [0.05, 0.1) is 0 Å². The minimum Gasteiger partial charge on any atom is -0.454 e. The van der Waals surface area contributed by atoms with Gasteiger partial charge in [-0.25, -0.2) is 0 Å². The van der Waals surface area contributed by atoms with Gasteiger partial charge in [-0.1, -0.05) is 11.6 Å². The molecule has 0 spiro atoms. The topological polar surface area (TPSA) is 102 Å². The number of benzene rings is 2. The molecule has 0 bridgehead atoms. The van der Waals surface area contributed by atoms with Gasteiger partial charge in [0.1, 0.15) is 0 Å². The second kappa shape index (κ2) is 6.45. The molecule has 2 aromatic rings. The molecule has 2 aromatic carbocycles. The zero-order valence-corrected chi connectivity index (χ0v) is 12.7. The number of hydrogen-bond donors (Lipinski definition) is 5. The monoisotopic (exact) mass is 331 g/mol. The van der Waals surface area contributed by atoms with E-state index in [1.165, 1.54) is 0 Å². The fourth-order valence-electron chi connectivity index (χ4n) is 1.98. The van der Waals surface area contributed by atoms with E-state index in [1.54, 1.807) is 42.5 Å². The van der Waals surface area contributed by atoms with Crippen LogP contribution in [0.15, 0.2) is 42.5 Å². The van der Waals surface area contributed by atoms with Crippen molar-refractivity contribution in [1.82, 2.24) is 5.32 Å². The summed E-state index contributed by atoms with van der Waals surface area (Å²) in [4.78, 5) is 0. The Morgan fingerprint density at radius 3 is 2.22 bits per heavy atom. The summed E-state index contributed by atoms with van der Waals surface area (Å²) >= 11 is 5.80. The molecule has 7 nitrogen and oxygen atoms in total. The Kier molecular flexibility index (Phi) is 4.20. The first kappa shape index (κ1) is 15.0. The molecule has 3 rings (SSSR count). The third kappa shape index (κ3) is 3.83. The van der Waals surface area contributed by atoms with Crippen molar-refractivity contribution in [2.24, 2.45) is 0 Å². The van der Waals surface area contributed by atoms with E-state index in [0.717, 1.165) is 0 Å². The largest absolute Gasteiger partial charge is 0.454 e. The molecule has 1 aliphatic heterocycles. The van der Waals surface area contributed by atoms with Crippen LogP contribution in [-0.4, -0.2) is 18.7 Å². The lowest BCUT2D eigenvalue weighted by Gasteiger charge is -2.13. The molecule has 23 heavy (non-hydrogen) atoms. The number of rotatable bonds is 2. The lowest BCUT2D eigenvalue weighted by Crippen LogP contribution is -2.38. The van der Waals surface area contributed by atoms with Crippen LogP contribution in [0.1, 0.15) is 0 Å². The minimum absolute atomic E-state index is 0.0365. The first-order valence-electron chi connectivity index (χ1n) is 6.73. The molecule has 0 radical (unpaired) electrons. The molecule has 0 saturated carbocycles. The number of ether oxygens (including phenoxy) is 2. The molecule has 0 saturated heterocycles. The van der Waals surface area contributed by atoms with Crippen molar-refractivity contribution >= 4 is 34.9 Å². The molecule has 5 N–H and O–H groups in total. The lowest BCUT2D eigenvalue weighted by atomic mass is 10.3. The van der Waals surface area contributed by atoms with E-state index in [0.29, 0.717) is 27.9 Å². The second-order valence-corrected chi connectivity index (χ2v) is 5.14. The number of halogens is 1. The second-order valence-electron chi connectivity index (χ2n) is 4.70. The standard InChI is InChI=1S/C15H14ClN5O2/c16-9-1-3-10(4-2-9)19-14(17)21-15(18)20-11-5-6-12-13(7-11)23-8-22-12/h1-7H,8H2,(H5,17,18,19,20,21). The van der Waals surface area contributed by atoms with Gasteiger partial charge in [-0.2, -0.15) is 0 Å². The van der Waals surface area contributed by atoms with Gasteiger partial charge < -0.3 is 20.1 Å². The van der Waals surface area contributed by atoms with Crippen molar-refractivity contribution < 1.29 is 9.47 Å². The van der Waals surface area contributed by atoms with Crippen LogP contribution in [-0.2, 0) is 0 Å². The van der Waals surface area contributed by atoms with Crippen LogP contribution in [0.3, 0.4) is 0 Å². The number of fused-ring (bicyclic) bond motifs is 1. The Balaban J connectivity index is 1.54. The predicted octanol–water partition coefficient (Wildman–Crippen LogP) is 3.05. The van der Waals surface area contributed by atoms with Gasteiger partial charge in [-0.3, -0.25) is 16.1 Å². The molecular weight excluding hydrogens is 318 g/mol. The smallest absolute Gasteiger partial charge is 0.231 e. The van der Waals surface area contributed by atoms with Crippen molar-refractivity contribution in [2.45, 2.75) is 0 Å². The Morgan fingerprint density at radius 2 is 1.48 bits per heavy atom. The summed E-state index contributed by atoms with van der Waals surface area (Å²) < 4.78 is 10.5. The first-order valence-corrected chi connectivity index (χ1v) is 7.11. The summed E-state index contributed by atoms with van der Waals surface area (Å²) in [7, 11) is 0. The highest BCUT2D eigenvalue weighted by atomic mass is 35.5. The minimum atomic E-state index is -0.0460. The SMILES string of the molecule is N=C(NC(=N)Nc1ccc2c(c1)OCO2)Nc1ccc(Cl)cc1. The molecule has 8 heteroatoms. The average Bonchev–Trinajstić information content (AvgIpc) is 2.97. The van der Waals surface area contributed by atoms with E-state index < -0.39 is 0 Å². The van der Waals surface area contributed by atoms with Crippen molar-refractivity contribution in [3.63, 3.8) is 0 Å². The maximum Gasteiger partial charge on any atom is 0.231 e. The van der Waals surface area contributed by atoms with Crippen molar-refractivity contribution in [2.75, 3.05) is 17.4 Å². The van der Waals surface area contributed by atoms with Gasteiger partial charge in [0.25, 0.3) is 0 Å². The Morgan fingerprint density at radius 1 is 0.870 bits per heavy atom. The van der Waals surface area contributed by atoms with E-state index in [1.807, 2.05) is 0 Å². The van der Waals surface area contributed by atoms with Crippen LogP contribution in [0.2, 0.25) is 5.02 Å². The average molecular weight is 332 g/mol. The van der Waals surface area contributed by atoms with Crippen LogP contribution in [0.25, 0.3) is 0 Å². The molecule has 0 fully saturated rings. The number of nitrogens with one attached hydrogen (secondary N) is 5. The van der Waals surface area contributed by atoms with Crippen molar-refractivity contribution in [1.29, 1.82) is 10.8 Å². The number of anilines is 2. The summed E-state index contributed by atoms with van der Waals surface area (Å²) in [6, 6.07) is 12.2. The highest BCUT2D eigenvalue weighted by molar-refractivity contribution is 6.30. The normalized spacial score (nSPS) is 11.7. The number of guanidine groups is 2. The van der Waals surface area contributed by atoms with Crippen LogP contribution < -0.4 is 25.4 Å². The molecule has 0 aliphatic carbocycles. The van der Waals surface area contributed by atoms with Gasteiger partial charge in [-0.05, 0) is 36.4 Å². The fraction of sp³-hybridized carbons (Fsp3) is 0.0667. The van der Waals surface area contributed by atoms with E-state index >= 15 is 0 Å². The molecule has 0 aromatic heterocycles. The summed E-state index contributed by atoms with van der Waals surface area (Å²) in [6.45, 7) is 0.199. The van der Waals surface area contributed by atoms with E-state index in [9.17, 15) is 0 Å². The molecule has 1 heterocycles. The van der Waals surface area contributed by atoms with E-state index in [2.05, 4.69) is 16.0 Å². The summed E-state index contributed by atoms with van der Waals surface area (Å²) in [5, 5.41) is 24.5.